The van der Waals surface area contributed by atoms with Crippen molar-refractivity contribution in [3.05, 3.63) is 95.6 Å². The zero-order valence-electron chi connectivity index (χ0n) is 26.4. The van der Waals surface area contributed by atoms with Gasteiger partial charge in [-0.25, -0.2) is 10.4 Å². The van der Waals surface area contributed by atoms with E-state index in [4.69, 9.17) is 29.0 Å². The maximum absolute atomic E-state index is 14.2. The normalized spacial score (nSPS) is 17.6. The van der Waals surface area contributed by atoms with Crippen LogP contribution in [0.3, 0.4) is 0 Å². The lowest BCUT2D eigenvalue weighted by molar-refractivity contribution is -0.155. The largest absolute Gasteiger partial charge is 0.497 e. The zero-order chi connectivity index (χ0) is 32.3. The predicted molar refractivity (Wildman–Crippen MR) is 171 cm³/mol. The van der Waals surface area contributed by atoms with Gasteiger partial charge in [0.15, 0.2) is 11.6 Å². The molecule has 0 fully saturated rings. The summed E-state index contributed by atoms with van der Waals surface area (Å²) < 4.78 is 22.9. The lowest BCUT2D eigenvalue weighted by Gasteiger charge is -2.31. The van der Waals surface area contributed by atoms with Gasteiger partial charge in [-0.1, -0.05) is 42.5 Å². The standard InChI is InChI=1S/C35H43N3O7/c1-34(2,3)45-30(40)19-21-35(33(41)38-36-22-20-25-11-15-28(42-4)16-12-25)31(26-9-6-5-7-10-26)44-32(37-35)27-13-17-29(18-14-27)43-24-8-23-39/h5-7,9-18,31,36,39H,8,19-24H2,1-4H3,(H,38,41)/t31-,35-/m0/s1. The van der Waals surface area contributed by atoms with E-state index in [1.807, 2.05) is 66.7 Å². The smallest absolute Gasteiger partial charge is 0.306 e. The quantitative estimate of drug-likeness (QED) is 0.127. The number of benzene rings is 3. The number of amides is 1. The average Bonchev–Trinajstić information content (AvgIpc) is 3.43. The van der Waals surface area contributed by atoms with Crippen LogP contribution in [0, 0.1) is 0 Å². The second kappa shape index (κ2) is 15.5. The van der Waals surface area contributed by atoms with E-state index in [1.165, 1.54) is 0 Å². The molecule has 0 unspecified atom stereocenters. The first-order chi connectivity index (χ1) is 21.6. The van der Waals surface area contributed by atoms with Crippen molar-refractivity contribution < 1.29 is 33.6 Å². The summed E-state index contributed by atoms with van der Waals surface area (Å²) in [6.07, 6.45) is 0.395. The maximum atomic E-state index is 14.2. The molecule has 240 valence electrons. The number of nitrogens with zero attached hydrogens (tertiary/aromatic N) is 1. The van der Waals surface area contributed by atoms with Crippen molar-refractivity contribution in [1.29, 1.82) is 0 Å². The van der Waals surface area contributed by atoms with Gasteiger partial charge in [-0.2, -0.15) is 0 Å². The Bertz CT molecular complexity index is 1420. The summed E-state index contributed by atoms with van der Waals surface area (Å²) in [5.74, 6) is 0.844. The van der Waals surface area contributed by atoms with Crippen LogP contribution in [0.25, 0.3) is 0 Å². The molecule has 1 aliphatic heterocycles. The summed E-state index contributed by atoms with van der Waals surface area (Å²) in [4.78, 5) is 32.0. The summed E-state index contributed by atoms with van der Waals surface area (Å²) in [6.45, 7) is 6.32. The van der Waals surface area contributed by atoms with E-state index in [2.05, 4.69) is 10.9 Å². The van der Waals surface area contributed by atoms with Gasteiger partial charge in [0.2, 0.25) is 5.90 Å². The summed E-state index contributed by atoms with van der Waals surface area (Å²) >= 11 is 0. The molecule has 1 aliphatic rings. The third kappa shape index (κ3) is 9.29. The van der Waals surface area contributed by atoms with Crippen molar-refractivity contribution in [2.24, 2.45) is 4.99 Å². The van der Waals surface area contributed by atoms with E-state index in [-0.39, 0.29) is 25.3 Å². The summed E-state index contributed by atoms with van der Waals surface area (Å²) in [7, 11) is 1.62. The van der Waals surface area contributed by atoms with Crippen LogP contribution in [0.5, 0.6) is 11.5 Å². The third-order valence-corrected chi connectivity index (χ3v) is 7.16. The van der Waals surface area contributed by atoms with Gasteiger partial charge in [0.1, 0.15) is 17.1 Å². The molecule has 0 bridgehead atoms. The molecule has 10 heteroatoms. The molecule has 45 heavy (non-hydrogen) atoms. The number of hydrogen-bond donors (Lipinski definition) is 3. The van der Waals surface area contributed by atoms with Crippen molar-refractivity contribution >= 4 is 17.8 Å². The number of carbonyl (C=O) groups excluding carboxylic acids is 2. The highest BCUT2D eigenvalue weighted by molar-refractivity contribution is 6.01. The molecule has 10 nitrogen and oxygen atoms in total. The fourth-order valence-electron chi connectivity index (χ4n) is 4.93. The van der Waals surface area contributed by atoms with Crippen LogP contribution < -0.4 is 20.3 Å². The molecule has 3 aromatic rings. The Labute approximate surface area is 264 Å². The molecular weight excluding hydrogens is 574 g/mol. The molecule has 2 atom stereocenters. The monoisotopic (exact) mass is 617 g/mol. The number of hydrogen-bond acceptors (Lipinski definition) is 9. The predicted octanol–water partition coefficient (Wildman–Crippen LogP) is 4.70. The van der Waals surface area contributed by atoms with Gasteiger partial charge in [-0.3, -0.25) is 15.0 Å². The van der Waals surface area contributed by atoms with Crippen LogP contribution in [0.15, 0.2) is 83.9 Å². The van der Waals surface area contributed by atoms with Gasteiger partial charge in [-0.05, 0) is 81.1 Å². The molecule has 1 amide bonds. The molecule has 0 spiro atoms. The molecule has 3 N–H and O–H groups in total. The van der Waals surface area contributed by atoms with Crippen molar-refractivity contribution in [2.45, 2.75) is 63.7 Å². The number of rotatable bonds is 15. The molecule has 0 saturated carbocycles. The first-order valence-electron chi connectivity index (χ1n) is 15.2. The second-order valence-electron chi connectivity index (χ2n) is 11.8. The van der Waals surface area contributed by atoms with E-state index in [1.54, 1.807) is 40.0 Å². The Morgan fingerprint density at radius 3 is 2.31 bits per heavy atom. The fourth-order valence-corrected chi connectivity index (χ4v) is 4.93. The highest BCUT2D eigenvalue weighted by Gasteiger charge is 2.53. The number of aliphatic hydroxyl groups is 1. The van der Waals surface area contributed by atoms with E-state index in [0.717, 1.165) is 16.9 Å². The first-order valence-corrected chi connectivity index (χ1v) is 15.2. The first kappa shape index (κ1) is 33.5. The van der Waals surface area contributed by atoms with Gasteiger partial charge >= 0.3 is 5.97 Å². The van der Waals surface area contributed by atoms with Crippen LogP contribution in [0.4, 0.5) is 0 Å². The Morgan fingerprint density at radius 2 is 1.67 bits per heavy atom. The Morgan fingerprint density at radius 1 is 0.978 bits per heavy atom. The minimum atomic E-state index is -1.48. The van der Waals surface area contributed by atoms with E-state index in [9.17, 15) is 9.59 Å². The maximum Gasteiger partial charge on any atom is 0.306 e. The van der Waals surface area contributed by atoms with Gasteiger partial charge in [0.25, 0.3) is 5.91 Å². The van der Waals surface area contributed by atoms with Crippen LogP contribution in [0.2, 0.25) is 0 Å². The highest BCUT2D eigenvalue weighted by Crippen LogP contribution is 2.43. The summed E-state index contributed by atoms with van der Waals surface area (Å²) in [5.41, 5.74) is 6.22. The van der Waals surface area contributed by atoms with Crippen LogP contribution in [-0.2, 0) is 25.5 Å². The summed E-state index contributed by atoms with van der Waals surface area (Å²) in [5, 5.41) is 9.03. The average molecular weight is 618 g/mol. The number of ether oxygens (including phenoxy) is 4. The van der Waals surface area contributed by atoms with E-state index >= 15 is 0 Å². The number of aliphatic imine (C=N–C) groups is 1. The Hall–Kier alpha value is -4.41. The number of hydrazine groups is 1. The SMILES string of the molecule is COc1ccc(CCNNC(=O)[C@@]2(CCC(=O)OC(C)(C)C)N=C(c3ccc(OCCCO)cc3)O[C@H]2c2ccccc2)cc1. The number of methoxy groups -OCH3 is 1. The highest BCUT2D eigenvalue weighted by atomic mass is 16.6. The van der Waals surface area contributed by atoms with Gasteiger partial charge < -0.3 is 24.1 Å². The lowest BCUT2D eigenvalue weighted by atomic mass is 9.83. The molecule has 0 saturated heterocycles. The molecule has 0 aromatic heterocycles. The van der Waals surface area contributed by atoms with Crippen molar-refractivity contribution in [3.63, 3.8) is 0 Å². The number of aliphatic hydroxyl groups excluding tert-OH is 1. The molecule has 4 rings (SSSR count). The zero-order valence-corrected chi connectivity index (χ0v) is 26.4. The lowest BCUT2D eigenvalue weighted by Crippen LogP contribution is -2.53. The fraction of sp³-hybridized carbons (Fsp3) is 0.400. The Balaban J connectivity index is 1.60. The number of nitrogens with one attached hydrogen (secondary N) is 2. The third-order valence-electron chi connectivity index (χ3n) is 7.16. The van der Waals surface area contributed by atoms with Crippen LogP contribution in [-0.4, -0.2) is 60.9 Å². The van der Waals surface area contributed by atoms with Crippen molar-refractivity contribution in [3.8, 4) is 11.5 Å². The molecule has 3 aromatic carbocycles. The van der Waals surface area contributed by atoms with E-state index < -0.39 is 29.1 Å². The van der Waals surface area contributed by atoms with Gasteiger partial charge in [-0.15, -0.1) is 0 Å². The number of carbonyl (C=O) groups is 2. The second-order valence-corrected chi connectivity index (χ2v) is 11.8. The van der Waals surface area contributed by atoms with Crippen LogP contribution in [0.1, 0.15) is 62.8 Å². The van der Waals surface area contributed by atoms with E-state index in [0.29, 0.717) is 37.3 Å². The topological polar surface area (TPSA) is 128 Å². The Kier molecular flexibility index (Phi) is 11.6. The summed E-state index contributed by atoms with van der Waals surface area (Å²) in [6, 6.07) is 24.3. The molecule has 0 radical (unpaired) electrons. The minimum absolute atomic E-state index is 0.0440. The van der Waals surface area contributed by atoms with Gasteiger partial charge in [0.05, 0.1) is 13.7 Å². The minimum Gasteiger partial charge on any atom is -0.497 e. The number of esters is 1. The van der Waals surface area contributed by atoms with Gasteiger partial charge in [0, 0.05) is 31.6 Å². The van der Waals surface area contributed by atoms with Crippen molar-refractivity contribution in [2.75, 3.05) is 26.9 Å². The van der Waals surface area contributed by atoms with Crippen LogP contribution >= 0.6 is 0 Å². The van der Waals surface area contributed by atoms with Crippen molar-refractivity contribution in [1.82, 2.24) is 10.9 Å². The molecule has 0 aliphatic carbocycles. The molecule has 1 heterocycles. The molecular formula is C35H43N3O7.